The molecule has 4 heteroatoms. The Morgan fingerprint density at radius 1 is 1.04 bits per heavy atom. The second-order valence-corrected chi connectivity index (χ2v) is 13.7. The van der Waals surface area contributed by atoms with Crippen molar-refractivity contribution in [3.63, 3.8) is 0 Å². The number of ether oxygens (including phenoxy) is 1. The van der Waals surface area contributed by atoms with Crippen molar-refractivity contribution < 1.29 is 33.2 Å². The molecule has 0 amide bonds. The number of quaternary nitrogens is 1. The minimum absolute atomic E-state index is 0. The topological polar surface area (TPSA) is 9.23 Å². The first-order valence-electron chi connectivity index (χ1n) is 8.38. The molecule has 0 aliphatic carbocycles. The Labute approximate surface area is 164 Å². The lowest BCUT2D eigenvalue weighted by Crippen LogP contribution is -3.00. The van der Waals surface area contributed by atoms with Crippen molar-refractivity contribution in [1.82, 2.24) is 0 Å². The number of nitrogens with zero attached hydrogens (tertiary/aromatic N) is 1. The van der Waals surface area contributed by atoms with E-state index in [4.69, 9.17) is 4.74 Å². The average molecular weight is 453 g/mol. The number of methoxy groups -OCH3 is 1. The Bertz CT molecular complexity index is 696. The van der Waals surface area contributed by atoms with Crippen molar-refractivity contribution in [2.24, 2.45) is 0 Å². The van der Waals surface area contributed by atoms with Crippen LogP contribution in [0.4, 0.5) is 0 Å². The maximum absolute atomic E-state index is 5.34. The maximum Gasteiger partial charge on any atom is 0.141 e. The lowest BCUT2D eigenvalue weighted by molar-refractivity contribution is -0.930. The van der Waals surface area contributed by atoms with Crippen LogP contribution in [0.15, 0.2) is 48.5 Å². The quantitative estimate of drug-likeness (QED) is 0.389. The summed E-state index contributed by atoms with van der Waals surface area (Å²) in [6.45, 7) is 8.57. The highest BCUT2D eigenvalue weighted by atomic mass is 127. The molecular formula is C20H28INOSi. The van der Waals surface area contributed by atoms with Gasteiger partial charge in [0.25, 0.3) is 0 Å². The van der Waals surface area contributed by atoms with Crippen LogP contribution in [-0.4, -0.2) is 32.9 Å². The Morgan fingerprint density at radius 3 is 2.25 bits per heavy atom. The van der Waals surface area contributed by atoms with E-state index in [1.165, 1.54) is 22.9 Å². The van der Waals surface area contributed by atoms with E-state index in [-0.39, 0.29) is 24.0 Å². The standard InChI is InChI=1S/C20H28NOSi.HI/c1-21(15-23(3,4)5)14-17-8-6-7-9-19(17)20(21)16-10-12-18(22-2)13-11-16;/h6-13,20H,14-15H2,1-5H3;1H/q+1;/p-1/t20-,21-;/m0./s1. The summed E-state index contributed by atoms with van der Waals surface area (Å²) in [6, 6.07) is 18.1. The van der Waals surface area contributed by atoms with Crippen molar-refractivity contribution in [1.29, 1.82) is 0 Å². The van der Waals surface area contributed by atoms with E-state index in [1.807, 2.05) is 0 Å². The largest absolute Gasteiger partial charge is 1.00 e. The molecule has 1 aliphatic heterocycles. The summed E-state index contributed by atoms with van der Waals surface area (Å²) in [5.41, 5.74) is 4.41. The van der Waals surface area contributed by atoms with Crippen molar-refractivity contribution in [3.05, 3.63) is 65.2 Å². The predicted octanol–water partition coefficient (Wildman–Crippen LogP) is 1.63. The first kappa shape index (κ1) is 19.5. The van der Waals surface area contributed by atoms with Crippen molar-refractivity contribution in [3.8, 4) is 5.75 Å². The van der Waals surface area contributed by atoms with Gasteiger partial charge in [0.05, 0.1) is 20.3 Å². The molecule has 0 radical (unpaired) electrons. The van der Waals surface area contributed by atoms with Crippen LogP contribution in [0.2, 0.25) is 19.6 Å². The van der Waals surface area contributed by atoms with Gasteiger partial charge in [-0.15, -0.1) is 0 Å². The number of benzene rings is 2. The molecule has 2 atom stereocenters. The summed E-state index contributed by atoms with van der Waals surface area (Å²) >= 11 is 0. The van der Waals surface area contributed by atoms with E-state index in [0.717, 1.165) is 16.8 Å². The van der Waals surface area contributed by atoms with Crippen LogP contribution in [0.3, 0.4) is 0 Å². The van der Waals surface area contributed by atoms with Gasteiger partial charge >= 0.3 is 0 Å². The molecule has 2 aromatic rings. The molecule has 0 saturated heterocycles. The maximum atomic E-state index is 5.34. The van der Waals surface area contributed by atoms with E-state index in [2.05, 4.69) is 75.2 Å². The molecular weight excluding hydrogens is 425 g/mol. The monoisotopic (exact) mass is 453 g/mol. The number of fused-ring (bicyclic) bond motifs is 1. The average Bonchev–Trinajstić information content (AvgIpc) is 2.76. The third-order valence-corrected chi connectivity index (χ3v) is 6.44. The molecule has 2 aromatic carbocycles. The van der Waals surface area contributed by atoms with Crippen LogP contribution in [0.1, 0.15) is 22.7 Å². The molecule has 0 fully saturated rings. The Balaban J connectivity index is 0.00000208. The summed E-state index contributed by atoms with van der Waals surface area (Å²) in [6.07, 6.45) is 1.29. The Kier molecular flexibility index (Phi) is 5.82. The van der Waals surface area contributed by atoms with Gasteiger partial charge in [-0.1, -0.05) is 43.9 Å². The second-order valence-electron chi connectivity index (χ2n) is 8.23. The second kappa shape index (κ2) is 7.18. The molecule has 0 unspecified atom stereocenters. The summed E-state index contributed by atoms with van der Waals surface area (Å²) < 4.78 is 6.43. The van der Waals surface area contributed by atoms with Gasteiger partial charge in [-0.3, -0.25) is 0 Å². The van der Waals surface area contributed by atoms with E-state index in [0.29, 0.717) is 6.04 Å². The van der Waals surface area contributed by atoms with Gasteiger partial charge in [-0.05, 0) is 24.3 Å². The van der Waals surface area contributed by atoms with Gasteiger partial charge < -0.3 is 33.2 Å². The zero-order valence-electron chi connectivity index (χ0n) is 15.3. The molecule has 0 bridgehead atoms. The molecule has 2 nitrogen and oxygen atoms in total. The molecule has 0 aromatic heterocycles. The Morgan fingerprint density at radius 2 is 1.67 bits per heavy atom. The third-order valence-electron chi connectivity index (χ3n) is 4.77. The summed E-state index contributed by atoms with van der Waals surface area (Å²) in [7, 11) is 2.99. The third kappa shape index (κ3) is 3.86. The molecule has 130 valence electrons. The molecule has 3 rings (SSSR count). The summed E-state index contributed by atoms with van der Waals surface area (Å²) in [5, 5.41) is 0. The van der Waals surface area contributed by atoms with Crippen LogP contribution >= 0.6 is 0 Å². The van der Waals surface area contributed by atoms with Gasteiger partial charge in [0.1, 0.15) is 26.4 Å². The van der Waals surface area contributed by atoms with E-state index >= 15 is 0 Å². The van der Waals surface area contributed by atoms with Crippen molar-refractivity contribution in [2.75, 3.05) is 20.3 Å². The van der Waals surface area contributed by atoms with E-state index in [9.17, 15) is 0 Å². The Hall–Kier alpha value is -0.853. The highest BCUT2D eigenvalue weighted by Gasteiger charge is 2.45. The molecule has 0 saturated carbocycles. The normalized spacial score (nSPS) is 22.6. The van der Waals surface area contributed by atoms with Gasteiger partial charge in [0.2, 0.25) is 0 Å². The first-order valence-corrected chi connectivity index (χ1v) is 12.1. The zero-order chi connectivity index (χ0) is 16.7. The van der Waals surface area contributed by atoms with Crippen LogP contribution in [0, 0.1) is 0 Å². The fraction of sp³-hybridized carbons (Fsp3) is 0.400. The van der Waals surface area contributed by atoms with Gasteiger partial charge in [0, 0.05) is 16.7 Å². The number of halogens is 1. The zero-order valence-corrected chi connectivity index (χ0v) is 18.5. The minimum Gasteiger partial charge on any atom is -1.00 e. The van der Waals surface area contributed by atoms with Gasteiger partial charge in [-0.2, -0.15) is 0 Å². The molecule has 0 N–H and O–H groups in total. The predicted molar refractivity (Wildman–Crippen MR) is 99.4 cm³/mol. The lowest BCUT2D eigenvalue weighted by atomic mass is 9.97. The van der Waals surface area contributed by atoms with Crippen molar-refractivity contribution >= 4 is 8.07 Å². The van der Waals surface area contributed by atoms with E-state index < -0.39 is 8.07 Å². The van der Waals surface area contributed by atoms with Crippen molar-refractivity contribution in [2.45, 2.75) is 32.2 Å². The fourth-order valence-electron chi connectivity index (χ4n) is 4.32. The lowest BCUT2D eigenvalue weighted by Gasteiger charge is -2.40. The van der Waals surface area contributed by atoms with Crippen LogP contribution < -0.4 is 28.7 Å². The molecule has 1 heterocycles. The molecule has 24 heavy (non-hydrogen) atoms. The number of rotatable bonds is 4. The fourth-order valence-corrected chi connectivity index (χ4v) is 6.78. The number of hydrogen-bond acceptors (Lipinski definition) is 1. The minimum atomic E-state index is -1.18. The van der Waals surface area contributed by atoms with E-state index in [1.54, 1.807) is 7.11 Å². The van der Waals surface area contributed by atoms with Crippen LogP contribution in [0.25, 0.3) is 0 Å². The molecule has 1 aliphatic rings. The van der Waals surface area contributed by atoms with Gasteiger partial charge in [0.15, 0.2) is 0 Å². The highest BCUT2D eigenvalue weighted by molar-refractivity contribution is 6.76. The number of hydrogen-bond donors (Lipinski definition) is 0. The first-order chi connectivity index (χ1) is 10.8. The SMILES string of the molecule is COc1ccc([C@H]2c3ccccc3C[N@@+]2(C)C[Si](C)(C)C)cc1.[I-]. The molecule has 0 spiro atoms. The summed E-state index contributed by atoms with van der Waals surface area (Å²) in [4.78, 5) is 0. The van der Waals surface area contributed by atoms with Crippen LogP contribution in [-0.2, 0) is 6.54 Å². The smallest absolute Gasteiger partial charge is 0.141 e. The highest BCUT2D eigenvalue weighted by Crippen LogP contribution is 2.44. The van der Waals surface area contributed by atoms with Gasteiger partial charge in [-0.25, -0.2) is 0 Å². The summed E-state index contributed by atoms with van der Waals surface area (Å²) in [5.74, 6) is 0.930. The van der Waals surface area contributed by atoms with Crippen LogP contribution in [0.5, 0.6) is 5.75 Å².